The second-order valence-electron chi connectivity index (χ2n) is 5.13. The molecule has 6 heteroatoms. The second-order valence-corrected chi connectivity index (χ2v) is 6.11. The highest BCUT2D eigenvalue weighted by Gasteiger charge is 2.25. The molecule has 2 rings (SSSR count). The highest BCUT2D eigenvalue weighted by molar-refractivity contribution is 7.17. The first-order valence-corrected chi connectivity index (χ1v) is 7.74. The van der Waals surface area contributed by atoms with Crippen LogP contribution >= 0.6 is 11.3 Å². The van der Waals surface area contributed by atoms with Crippen molar-refractivity contribution in [1.29, 1.82) is 0 Å². The maximum Gasteiger partial charge on any atom is 0.358 e. The lowest BCUT2D eigenvalue weighted by molar-refractivity contribution is 0.0517. The topological polar surface area (TPSA) is 59.5 Å². The summed E-state index contributed by atoms with van der Waals surface area (Å²) in [7, 11) is 1.95. The molecule has 0 radical (unpaired) electrons. The van der Waals surface area contributed by atoms with Crippen LogP contribution in [0.2, 0.25) is 0 Å². The van der Waals surface area contributed by atoms with Crippen molar-refractivity contribution >= 4 is 28.2 Å². The van der Waals surface area contributed by atoms with Crippen molar-refractivity contribution in [3.63, 3.8) is 0 Å². The zero-order valence-corrected chi connectivity index (χ0v) is 13.0. The summed E-state index contributed by atoms with van der Waals surface area (Å²) in [6.45, 7) is 4.39. The quantitative estimate of drug-likeness (QED) is 0.597. The van der Waals surface area contributed by atoms with Crippen LogP contribution < -0.4 is 4.90 Å². The minimum absolute atomic E-state index is 0.145. The molecule has 0 amide bonds. The van der Waals surface area contributed by atoms with Crippen molar-refractivity contribution in [2.24, 2.45) is 5.92 Å². The zero-order valence-electron chi connectivity index (χ0n) is 12.1. The predicted octanol–water partition coefficient (Wildman–Crippen LogP) is 2.76. The van der Waals surface area contributed by atoms with Crippen LogP contribution in [0, 0.1) is 5.92 Å². The third-order valence-corrected chi connectivity index (χ3v) is 4.76. The van der Waals surface area contributed by atoms with E-state index in [1.54, 1.807) is 6.92 Å². The van der Waals surface area contributed by atoms with Crippen LogP contribution in [-0.4, -0.2) is 36.9 Å². The molecule has 0 N–H and O–H groups in total. The number of anilines is 1. The Kier molecular flexibility index (Phi) is 4.75. The summed E-state index contributed by atoms with van der Waals surface area (Å²) in [5, 5.41) is 0.713. The van der Waals surface area contributed by atoms with Gasteiger partial charge in [-0.15, -0.1) is 0 Å². The van der Waals surface area contributed by atoms with Gasteiger partial charge in [-0.1, -0.05) is 17.8 Å². The van der Waals surface area contributed by atoms with Crippen LogP contribution in [0.4, 0.5) is 5.13 Å². The molecule has 0 spiro atoms. The maximum atomic E-state index is 11.8. The molecule has 0 aromatic carbocycles. The van der Waals surface area contributed by atoms with Gasteiger partial charge in [-0.2, -0.15) is 0 Å². The van der Waals surface area contributed by atoms with Gasteiger partial charge in [-0.05, 0) is 25.7 Å². The molecular formula is C14H20N2O3S. The van der Waals surface area contributed by atoms with E-state index in [4.69, 9.17) is 4.74 Å². The Hall–Kier alpha value is -1.43. The average molecular weight is 296 g/mol. The van der Waals surface area contributed by atoms with E-state index in [9.17, 15) is 9.59 Å². The number of hydrogen-bond donors (Lipinski definition) is 0. The number of rotatable bonds is 6. The summed E-state index contributed by atoms with van der Waals surface area (Å²) < 4.78 is 4.96. The molecule has 0 atom stereocenters. The van der Waals surface area contributed by atoms with E-state index in [-0.39, 0.29) is 18.1 Å². The minimum atomic E-state index is -0.516. The summed E-state index contributed by atoms with van der Waals surface area (Å²) in [5.41, 5.74) is 0.153. The molecule has 20 heavy (non-hydrogen) atoms. The van der Waals surface area contributed by atoms with Gasteiger partial charge in [-0.3, -0.25) is 4.79 Å². The number of aromatic nitrogens is 1. The molecule has 0 unspecified atom stereocenters. The fourth-order valence-corrected chi connectivity index (χ4v) is 3.11. The van der Waals surface area contributed by atoms with E-state index in [1.165, 1.54) is 37.5 Å². The van der Waals surface area contributed by atoms with E-state index >= 15 is 0 Å². The van der Waals surface area contributed by atoms with Crippen molar-refractivity contribution < 1.29 is 14.3 Å². The van der Waals surface area contributed by atoms with Gasteiger partial charge in [0.25, 0.3) is 0 Å². The van der Waals surface area contributed by atoms with Crippen LogP contribution in [0.3, 0.4) is 0 Å². The number of nitrogens with zero attached hydrogens (tertiary/aromatic N) is 2. The number of hydrogen-bond acceptors (Lipinski definition) is 6. The lowest BCUT2D eigenvalue weighted by atomic mass is 9.85. The maximum absolute atomic E-state index is 11.8. The van der Waals surface area contributed by atoms with E-state index < -0.39 is 5.97 Å². The molecule has 1 heterocycles. The Morgan fingerprint density at radius 1 is 1.45 bits per heavy atom. The molecule has 0 saturated heterocycles. The van der Waals surface area contributed by atoms with Crippen LogP contribution in [0.25, 0.3) is 0 Å². The number of ketones is 1. The molecular weight excluding hydrogens is 276 g/mol. The minimum Gasteiger partial charge on any atom is -0.461 e. The van der Waals surface area contributed by atoms with Gasteiger partial charge in [0.05, 0.1) is 6.61 Å². The third-order valence-electron chi connectivity index (χ3n) is 3.49. The Bertz CT molecular complexity index is 509. The molecule has 1 fully saturated rings. The molecule has 0 aliphatic heterocycles. The Labute approximate surface area is 122 Å². The average Bonchev–Trinajstić information content (AvgIpc) is 2.79. The van der Waals surface area contributed by atoms with E-state index in [0.29, 0.717) is 15.9 Å². The number of carbonyl (C=O) groups excluding carboxylic acids is 2. The van der Waals surface area contributed by atoms with Gasteiger partial charge in [0, 0.05) is 20.5 Å². The van der Waals surface area contributed by atoms with Gasteiger partial charge < -0.3 is 9.64 Å². The van der Waals surface area contributed by atoms with Gasteiger partial charge >= 0.3 is 5.97 Å². The number of esters is 1. The molecule has 1 aliphatic rings. The highest BCUT2D eigenvalue weighted by Crippen LogP contribution is 2.31. The third kappa shape index (κ3) is 3.17. The van der Waals surface area contributed by atoms with Gasteiger partial charge in [0.1, 0.15) is 4.88 Å². The number of Topliss-reactive ketones (excluding diaryl/α,β-unsaturated/α-hetero) is 1. The number of carbonyl (C=O) groups is 2. The number of thiazole rings is 1. The second kappa shape index (κ2) is 6.35. The standard InChI is InChI=1S/C14H20N2O3S/c1-4-19-13(18)11-12(9(2)17)20-14(15-11)16(3)8-10-6-5-7-10/h10H,4-8H2,1-3H3. The highest BCUT2D eigenvalue weighted by atomic mass is 32.1. The van der Waals surface area contributed by atoms with Gasteiger partial charge in [0.2, 0.25) is 0 Å². The number of ether oxygens (including phenoxy) is 1. The molecule has 1 aromatic rings. The van der Waals surface area contributed by atoms with Crippen LogP contribution in [0.1, 0.15) is 53.3 Å². The lowest BCUT2D eigenvalue weighted by Crippen LogP contribution is -2.29. The zero-order chi connectivity index (χ0) is 14.7. The van der Waals surface area contributed by atoms with Crippen molar-refractivity contribution in [1.82, 2.24) is 4.98 Å². The lowest BCUT2D eigenvalue weighted by Gasteiger charge is -2.29. The molecule has 1 aromatic heterocycles. The van der Waals surface area contributed by atoms with Crippen LogP contribution in [0.5, 0.6) is 0 Å². The van der Waals surface area contributed by atoms with Gasteiger partial charge in [0.15, 0.2) is 16.6 Å². The summed E-state index contributed by atoms with van der Waals surface area (Å²) >= 11 is 1.27. The first-order chi connectivity index (χ1) is 9.52. The first kappa shape index (κ1) is 15.0. The van der Waals surface area contributed by atoms with Crippen molar-refractivity contribution in [3.05, 3.63) is 10.6 Å². The van der Waals surface area contributed by atoms with Crippen LogP contribution in [-0.2, 0) is 4.74 Å². The SMILES string of the molecule is CCOC(=O)c1nc(N(C)CC2CCC2)sc1C(C)=O. The van der Waals surface area contributed by atoms with Crippen molar-refractivity contribution in [2.75, 3.05) is 25.1 Å². The van der Waals surface area contributed by atoms with Crippen LogP contribution in [0.15, 0.2) is 0 Å². The summed E-state index contributed by atoms with van der Waals surface area (Å²) in [6, 6.07) is 0. The molecule has 110 valence electrons. The molecule has 5 nitrogen and oxygen atoms in total. The fraction of sp³-hybridized carbons (Fsp3) is 0.643. The fourth-order valence-electron chi connectivity index (χ4n) is 2.19. The van der Waals surface area contributed by atoms with E-state index in [0.717, 1.165) is 6.54 Å². The Morgan fingerprint density at radius 2 is 2.15 bits per heavy atom. The summed E-state index contributed by atoms with van der Waals surface area (Å²) in [6.07, 6.45) is 3.79. The first-order valence-electron chi connectivity index (χ1n) is 6.93. The van der Waals surface area contributed by atoms with Gasteiger partial charge in [-0.25, -0.2) is 9.78 Å². The predicted molar refractivity (Wildman–Crippen MR) is 78.7 cm³/mol. The smallest absolute Gasteiger partial charge is 0.358 e. The van der Waals surface area contributed by atoms with E-state index in [2.05, 4.69) is 4.98 Å². The molecule has 1 saturated carbocycles. The van der Waals surface area contributed by atoms with E-state index in [1.807, 2.05) is 11.9 Å². The largest absolute Gasteiger partial charge is 0.461 e. The monoisotopic (exact) mass is 296 g/mol. The summed E-state index contributed by atoms with van der Waals surface area (Å²) in [5.74, 6) is 0.0433. The Morgan fingerprint density at radius 3 is 2.65 bits per heavy atom. The molecule has 0 bridgehead atoms. The normalized spacial score (nSPS) is 14.8. The van der Waals surface area contributed by atoms with Crippen molar-refractivity contribution in [3.8, 4) is 0 Å². The summed E-state index contributed by atoms with van der Waals surface area (Å²) in [4.78, 5) is 30.2. The van der Waals surface area contributed by atoms with Crippen molar-refractivity contribution in [2.45, 2.75) is 33.1 Å². The molecule has 1 aliphatic carbocycles. The Balaban J connectivity index is 2.18.